The van der Waals surface area contributed by atoms with Gasteiger partial charge in [-0.15, -0.1) is 0 Å². The van der Waals surface area contributed by atoms with E-state index in [1.807, 2.05) is 44.2 Å². The Morgan fingerprint density at radius 1 is 0.816 bits per heavy atom. The van der Waals surface area contributed by atoms with Crippen LogP contribution < -0.4 is 27.4 Å². The van der Waals surface area contributed by atoms with Crippen LogP contribution >= 0.6 is 0 Å². The molecule has 0 heterocycles. The molecular weight excluding hydrogens is 494 g/mol. The van der Waals surface area contributed by atoms with E-state index in [4.69, 9.17) is 16.6 Å². The van der Waals surface area contributed by atoms with Gasteiger partial charge in [0.05, 0.1) is 6.04 Å². The lowest BCUT2D eigenvalue weighted by atomic mass is 10.0. The predicted octanol–water partition coefficient (Wildman–Crippen LogP) is 0.135. The van der Waals surface area contributed by atoms with Gasteiger partial charge in [-0.3, -0.25) is 19.2 Å². The molecule has 12 heteroatoms. The summed E-state index contributed by atoms with van der Waals surface area (Å²) in [5, 5.41) is 25.9. The van der Waals surface area contributed by atoms with Crippen LogP contribution in [0.15, 0.2) is 30.3 Å². The first-order valence-electron chi connectivity index (χ1n) is 12.8. The van der Waals surface area contributed by atoms with Crippen molar-refractivity contribution in [1.82, 2.24) is 16.0 Å². The minimum absolute atomic E-state index is 0.0216. The van der Waals surface area contributed by atoms with E-state index in [0.717, 1.165) is 5.56 Å². The summed E-state index contributed by atoms with van der Waals surface area (Å²) in [6, 6.07) is 4.80. The normalized spacial score (nSPS) is 14.1. The zero-order valence-electron chi connectivity index (χ0n) is 22.0. The van der Waals surface area contributed by atoms with Crippen molar-refractivity contribution in [2.45, 2.75) is 83.0 Å². The van der Waals surface area contributed by atoms with E-state index in [0.29, 0.717) is 19.4 Å². The van der Waals surface area contributed by atoms with Crippen molar-refractivity contribution in [1.29, 1.82) is 0 Å². The molecule has 1 aromatic carbocycles. The minimum atomic E-state index is -1.44. The van der Waals surface area contributed by atoms with Crippen LogP contribution in [0.3, 0.4) is 0 Å². The van der Waals surface area contributed by atoms with E-state index in [1.54, 1.807) is 0 Å². The van der Waals surface area contributed by atoms with Gasteiger partial charge in [-0.1, -0.05) is 44.2 Å². The molecule has 0 aliphatic heterocycles. The number of nitrogens with one attached hydrogen (secondary N) is 3. The molecule has 0 saturated heterocycles. The first-order valence-corrected chi connectivity index (χ1v) is 12.8. The molecule has 1 rings (SSSR count). The van der Waals surface area contributed by atoms with E-state index in [1.165, 1.54) is 0 Å². The van der Waals surface area contributed by atoms with Crippen LogP contribution in [0.5, 0.6) is 0 Å². The van der Waals surface area contributed by atoms with Crippen molar-refractivity contribution < 1.29 is 34.2 Å². The summed E-state index contributed by atoms with van der Waals surface area (Å²) in [5.41, 5.74) is 12.5. The van der Waals surface area contributed by atoms with Gasteiger partial charge >= 0.3 is 11.9 Å². The predicted molar refractivity (Wildman–Crippen MR) is 141 cm³/mol. The van der Waals surface area contributed by atoms with E-state index >= 15 is 0 Å². The smallest absolute Gasteiger partial charge is 0.326 e. The minimum Gasteiger partial charge on any atom is -0.481 e. The number of unbranched alkanes of at least 4 members (excludes halogenated alkanes) is 1. The van der Waals surface area contributed by atoms with Gasteiger partial charge in [-0.05, 0) is 56.6 Å². The molecule has 0 radical (unpaired) electrons. The molecule has 9 N–H and O–H groups in total. The van der Waals surface area contributed by atoms with Crippen LogP contribution in [-0.4, -0.2) is 70.6 Å². The zero-order chi connectivity index (χ0) is 28.7. The lowest BCUT2D eigenvalue weighted by Gasteiger charge is -2.26. The monoisotopic (exact) mass is 535 g/mol. The second-order valence-corrected chi connectivity index (χ2v) is 9.66. The molecule has 4 atom stereocenters. The number of carboxylic acid groups (broad SMARTS) is 2. The summed E-state index contributed by atoms with van der Waals surface area (Å²) < 4.78 is 0. The van der Waals surface area contributed by atoms with E-state index < -0.39 is 60.2 Å². The number of benzene rings is 1. The van der Waals surface area contributed by atoms with Crippen molar-refractivity contribution in [2.75, 3.05) is 6.54 Å². The maximum absolute atomic E-state index is 13.2. The van der Waals surface area contributed by atoms with Gasteiger partial charge in [0.1, 0.15) is 18.1 Å². The molecule has 38 heavy (non-hydrogen) atoms. The van der Waals surface area contributed by atoms with Gasteiger partial charge in [0, 0.05) is 6.42 Å². The van der Waals surface area contributed by atoms with Crippen LogP contribution in [0.2, 0.25) is 0 Å². The fraction of sp³-hybridized carbons (Fsp3) is 0.577. The molecule has 0 aromatic heterocycles. The largest absolute Gasteiger partial charge is 0.481 e. The highest BCUT2D eigenvalue weighted by atomic mass is 16.4. The van der Waals surface area contributed by atoms with Gasteiger partial charge in [-0.2, -0.15) is 0 Å². The van der Waals surface area contributed by atoms with Crippen LogP contribution in [0.1, 0.15) is 57.9 Å². The average molecular weight is 536 g/mol. The van der Waals surface area contributed by atoms with E-state index in [9.17, 15) is 29.1 Å². The molecule has 0 aliphatic rings. The third-order valence-corrected chi connectivity index (χ3v) is 5.82. The van der Waals surface area contributed by atoms with E-state index in [-0.39, 0.29) is 31.6 Å². The summed E-state index contributed by atoms with van der Waals surface area (Å²) in [6.07, 6.45) is 1.02. The number of carboxylic acids is 2. The number of carbonyl (C=O) groups excluding carboxylic acids is 3. The third-order valence-electron chi connectivity index (χ3n) is 5.82. The van der Waals surface area contributed by atoms with Crippen molar-refractivity contribution in [2.24, 2.45) is 17.4 Å². The number of carbonyl (C=O) groups is 5. The number of amides is 3. The SMILES string of the molecule is CC(C)CC(NC(=O)C(N)Cc1ccccc1)C(=O)NC(CCCCN)C(=O)NC(CCC(=O)O)C(=O)O. The second-order valence-electron chi connectivity index (χ2n) is 9.66. The Morgan fingerprint density at radius 2 is 1.39 bits per heavy atom. The summed E-state index contributed by atoms with van der Waals surface area (Å²) >= 11 is 0. The highest BCUT2D eigenvalue weighted by Gasteiger charge is 2.30. The maximum atomic E-state index is 13.2. The van der Waals surface area contributed by atoms with Gasteiger partial charge in [0.15, 0.2) is 0 Å². The summed E-state index contributed by atoms with van der Waals surface area (Å²) in [4.78, 5) is 61.3. The maximum Gasteiger partial charge on any atom is 0.326 e. The molecule has 212 valence electrons. The highest BCUT2D eigenvalue weighted by molar-refractivity contribution is 5.94. The molecule has 4 unspecified atom stereocenters. The summed E-state index contributed by atoms with van der Waals surface area (Å²) in [5.74, 6) is -4.44. The van der Waals surface area contributed by atoms with Gasteiger partial charge < -0.3 is 37.6 Å². The Bertz CT molecular complexity index is 926. The fourth-order valence-electron chi connectivity index (χ4n) is 3.77. The third kappa shape index (κ3) is 12.6. The molecule has 0 bridgehead atoms. The lowest BCUT2D eigenvalue weighted by molar-refractivity contribution is -0.143. The molecule has 0 aliphatic carbocycles. The zero-order valence-corrected chi connectivity index (χ0v) is 22.0. The molecule has 3 amide bonds. The van der Waals surface area contributed by atoms with Crippen LogP contribution in [-0.2, 0) is 30.4 Å². The summed E-state index contributed by atoms with van der Waals surface area (Å²) in [7, 11) is 0. The Labute approximate surface area is 222 Å². The van der Waals surface area contributed by atoms with Crippen LogP contribution in [0, 0.1) is 5.92 Å². The fourth-order valence-corrected chi connectivity index (χ4v) is 3.77. The average Bonchev–Trinajstić information content (AvgIpc) is 2.85. The molecular formula is C26H41N5O7. The molecule has 0 fully saturated rings. The number of aliphatic carboxylic acids is 2. The topological polar surface area (TPSA) is 214 Å². The number of hydrogen-bond donors (Lipinski definition) is 7. The van der Waals surface area contributed by atoms with Crippen LogP contribution in [0.25, 0.3) is 0 Å². The lowest BCUT2D eigenvalue weighted by Crippen LogP contribution is -2.57. The Morgan fingerprint density at radius 3 is 1.95 bits per heavy atom. The molecule has 0 spiro atoms. The molecule has 0 saturated carbocycles. The van der Waals surface area contributed by atoms with Crippen molar-refractivity contribution in [3.05, 3.63) is 35.9 Å². The highest BCUT2D eigenvalue weighted by Crippen LogP contribution is 2.10. The van der Waals surface area contributed by atoms with Crippen LogP contribution in [0.4, 0.5) is 0 Å². The van der Waals surface area contributed by atoms with Gasteiger partial charge in [0.25, 0.3) is 0 Å². The standard InChI is InChI=1S/C26H41N5O7/c1-16(2)14-21(31-23(34)18(28)15-17-8-4-3-5-9-17)25(36)29-19(10-6-7-13-27)24(35)30-20(26(37)38)11-12-22(32)33/h3-5,8-9,16,18-21H,6-7,10-15,27-28H2,1-2H3,(H,29,36)(H,30,35)(H,31,34)(H,32,33)(H,37,38). The Balaban J connectivity index is 2.96. The quantitative estimate of drug-likeness (QED) is 0.127. The number of rotatable bonds is 18. The van der Waals surface area contributed by atoms with Crippen molar-refractivity contribution in [3.8, 4) is 0 Å². The van der Waals surface area contributed by atoms with Gasteiger partial charge in [-0.25, -0.2) is 4.79 Å². The first-order chi connectivity index (χ1) is 17.9. The number of nitrogens with two attached hydrogens (primary N) is 2. The Hall–Kier alpha value is -3.51. The van der Waals surface area contributed by atoms with E-state index in [2.05, 4.69) is 16.0 Å². The summed E-state index contributed by atoms with van der Waals surface area (Å²) in [6.45, 7) is 4.12. The first kappa shape index (κ1) is 32.5. The molecule has 12 nitrogen and oxygen atoms in total. The van der Waals surface area contributed by atoms with Gasteiger partial charge in [0.2, 0.25) is 17.7 Å². The molecule has 1 aromatic rings. The van der Waals surface area contributed by atoms with Crippen molar-refractivity contribution in [3.63, 3.8) is 0 Å². The van der Waals surface area contributed by atoms with Crippen molar-refractivity contribution >= 4 is 29.7 Å². The Kier molecular flexibility index (Phi) is 14.6. The number of hydrogen-bond acceptors (Lipinski definition) is 7. The second kappa shape index (κ2) is 17.1.